The SMILES string of the molecule is NC(=S)c1ccc(Br)cc1NCCc1ccc(Br)s1. The molecular weight excluding hydrogens is 408 g/mol. The third kappa shape index (κ3) is 4.27. The van der Waals surface area contributed by atoms with Crippen LogP contribution < -0.4 is 11.1 Å². The van der Waals surface area contributed by atoms with E-state index in [9.17, 15) is 0 Å². The Morgan fingerprint density at radius 2 is 2.05 bits per heavy atom. The van der Waals surface area contributed by atoms with Gasteiger partial charge in [0.1, 0.15) is 4.99 Å². The highest BCUT2D eigenvalue weighted by atomic mass is 79.9. The van der Waals surface area contributed by atoms with Gasteiger partial charge in [-0.15, -0.1) is 11.3 Å². The van der Waals surface area contributed by atoms with Crippen LogP contribution in [0.5, 0.6) is 0 Å². The fourth-order valence-electron chi connectivity index (χ4n) is 1.68. The normalized spacial score (nSPS) is 10.4. The highest BCUT2D eigenvalue weighted by Gasteiger charge is 2.06. The lowest BCUT2D eigenvalue weighted by Gasteiger charge is -2.11. The topological polar surface area (TPSA) is 38.0 Å². The van der Waals surface area contributed by atoms with Crippen LogP contribution in [0.4, 0.5) is 5.69 Å². The summed E-state index contributed by atoms with van der Waals surface area (Å²) in [5, 5.41) is 3.39. The molecule has 1 aromatic carbocycles. The van der Waals surface area contributed by atoms with Crippen molar-refractivity contribution in [3.8, 4) is 0 Å². The maximum Gasteiger partial charge on any atom is 0.106 e. The fourth-order valence-corrected chi connectivity index (χ4v) is 3.71. The van der Waals surface area contributed by atoms with Crippen molar-refractivity contribution < 1.29 is 0 Å². The summed E-state index contributed by atoms with van der Waals surface area (Å²) >= 11 is 13.7. The standard InChI is InChI=1S/C13H12Br2N2S2/c14-8-1-3-10(13(16)18)11(7-8)17-6-5-9-2-4-12(15)19-9/h1-4,7,17H,5-6H2,(H2,16,18). The number of nitrogens with two attached hydrogens (primary N) is 1. The number of thiophene rings is 1. The zero-order chi connectivity index (χ0) is 13.8. The first-order valence-corrected chi connectivity index (χ1v) is 8.45. The van der Waals surface area contributed by atoms with Crippen molar-refractivity contribution in [2.24, 2.45) is 5.73 Å². The van der Waals surface area contributed by atoms with Gasteiger partial charge in [0, 0.05) is 27.1 Å². The van der Waals surface area contributed by atoms with Crippen LogP contribution in [0.1, 0.15) is 10.4 Å². The van der Waals surface area contributed by atoms with Crippen molar-refractivity contribution >= 4 is 66.1 Å². The van der Waals surface area contributed by atoms with Crippen molar-refractivity contribution in [2.45, 2.75) is 6.42 Å². The molecule has 19 heavy (non-hydrogen) atoms. The molecule has 0 bridgehead atoms. The number of halogens is 2. The van der Waals surface area contributed by atoms with E-state index in [0.717, 1.165) is 32.5 Å². The summed E-state index contributed by atoms with van der Waals surface area (Å²) in [5.41, 5.74) is 7.57. The maximum atomic E-state index is 5.72. The van der Waals surface area contributed by atoms with Gasteiger partial charge in [-0.2, -0.15) is 0 Å². The molecule has 0 spiro atoms. The van der Waals surface area contributed by atoms with Gasteiger partial charge in [-0.05, 0) is 52.7 Å². The molecule has 6 heteroatoms. The first-order chi connectivity index (χ1) is 9.06. The molecule has 0 amide bonds. The van der Waals surface area contributed by atoms with Crippen molar-refractivity contribution in [2.75, 3.05) is 11.9 Å². The van der Waals surface area contributed by atoms with Crippen molar-refractivity contribution in [3.63, 3.8) is 0 Å². The van der Waals surface area contributed by atoms with Crippen LogP contribution in [0.15, 0.2) is 38.6 Å². The van der Waals surface area contributed by atoms with Crippen LogP contribution >= 0.6 is 55.4 Å². The predicted octanol–water partition coefficient (Wildman–Crippen LogP) is 4.56. The van der Waals surface area contributed by atoms with Gasteiger partial charge in [-0.3, -0.25) is 0 Å². The van der Waals surface area contributed by atoms with Gasteiger partial charge < -0.3 is 11.1 Å². The Bertz CT molecular complexity index is 596. The molecule has 1 heterocycles. The second kappa shape index (κ2) is 6.83. The van der Waals surface area contributed by atoms with Crippen molar-refractivity contribution in [3.05, 3.63) is 49.0 Å². The Morgan fingerprint density at radius 3 is 2.68 bits per heavy atom. The average molecular weight is 420 g/mol. The lowest BCUT2D eigenvalue weighted by atomic mass is 10.1. The number of benzene rings is 1. The van der Waals surface area contributed by atoms with E-state index in [1.54, 1.807) is 11.3 Å². The second-order valence-electron chi connectivity index (χ2n) is 3.94. The summed E-state index contributed by atoms with van der Waals surface area (Å²) in [7, 11) is 0. The van der Waals surface area contributed by atoms with Crippen LogP contribution in [0.2, 0.25) is 0 Å². The van der Waals surface area contributed by atoms with E-state index < -0.39 is 0 Å². The van der Waals surface area contributed by atoms with E-state index in [2.05, 4.69) is 49.3 Å². The number of hydrogen-bond donors (Lipinski definition) is 2. The summed E-state index contributed by atoms with van der Waals surface area (Å²) in [4.78, 5) is 1.75. The lowest BCUT2D eigenvalue weighted by molar-refractivity contribution is 1.04. The lowest BCUT2D eigenvalue weighted by Crippen LogP contribution is -2.14. The van der Waals surface area contributed by atoms with E-state index in [-0.39, 0.29) is 0 Å². The van der Waals surface area contributed by atoms with Crippen LogP contribution in [-0.4, -0.2) is 11.5 Å². The first-order valence-electron chi connectivity index (χ1n) is 5.63. The Morgan fingerprint density at radius 1 is 1.26 bits per heavy atom. The second-order valence-corrected chi connectivity index (χ2v) is 7.84. The van der Waals surface area contributed by atoms with E-state index in [4.69, 9.17) is 18.0 Å². The Hall–Kier alpha value is -0.430. The van der Waals surface area contributed by atoms with Crippen LogP contribution in [-0.2, 0) is 6.42 Å². The number of thiocarbonyl (C=S) groups is 1. The van der Waals surface area contributed by atoms with Crippen molar-refractivity contribution in [1.82, 2.24) is 0 Å². The van der Waals surface area contributed by atoms with Gasteiger partial charge in [0.05, 0.1) is 3.79 Å². The quantitative estimate of drug-likeness (QED) is 0.697. The Balaban J connectivity index is 2.02. The molecule has 0 atom stereocenters. The number of anilines is 1. The number of hydrogen-bond acceptors (Lipinski definition) is 3. The molecule has 2 aromatic rings. The van der Waals surface area contributed by atoms with Gasteiger partial charge in [0.25, 0.3) is 0 Å². The van der Waals surface area contributed by atoms with Gasteiger partial charge >= 0.3 is 0 Å². The minimum absolute atomic E-state index is 0.411. The minimum atomic E-state index is 0.411. The Labute approximate surface area is 138 Å². The summed E-state index contributed by atoms with van der Waals surface area (Å²) in [6.07, 6.45) is 0.972. The van der Waals surface area contributed by atoms with Crippen molar-refractivity contribution in [1.29, 1.82) is 0 Å². The molecule has 1 aromatic heterocycles. The summed E-state index contributed by atoms with van der Waals surface area (Å²) in [6, 6.07) is 10.1. The Kier molecular flexibility index (Phi) is 5.38. The maximum absolute atomic E-state index is 5.72. The smallest absolute Gasteiger partial charge is 0.106 e. The number of rotatable bonds is 5. The molecule has 0 aliphatic rings. The molecule has 3 N–H and O–H groups in total. The molecule has 2 nitrogen and oxygen atoms in total. The average Bonchev–Trinajstić information content (AvgIpc) is 2.75. The van der Waals surface area contributed by atoms with E-state index >= 15 is 0 Å². The van der Waals surface area contributed by atoms with Crippen LogP contribution in [0.3, 0.4) is 0 Å². The van der Waals surface area contributed by atoms with E-state index in [0.29, 0.717) is 4.99 Å². The number of nitrogens with one attached hydrogen (secondary N) is 1. The molecular formula is C13H12Br2N2S2. The molecule has 0 aliphatic heterocycles. The molecule has 0 unspecified atom stereocenters. The third-order valence-corrected chi connectivity index (χ3v) is 4.96. The molecule has 0 fully saturated rings. The molecule has 0 aliphatic carbocycles. The monoisotopic (exact) mass is 418 g/mol. The zero-order valence-corrected chi connectivity index (χ0v) is 14.8. The van der Waals surface area contributed by atoms with Crippen LogP contribution in [0.25, 0.3) is 0 Å². The highest BCUT2D eigenvalue weighted by Crippen LogP contribution is 2.24. The highest BCUT2D eigenvalue weighted by molar-refractivity contribution is 9.11. The molecule has 0 saturated heterocycles. The molecule has 100 valence electrons. The summed E-state index contributed by atoms with van der Waals surface area (Å²) in [6.45, 7) is 0.846. The van der Waals surface area contributed by atoms with Crippen LogP contribution in [0, 0.1) is 0 Å². The minimum Gasteiger partial charge on any atom is -0.389 e. The van der Waals surface area contributed by atoms with Gasteiger partial charge in [0.15, 0.2) is 0 Å². The third-order valence-electron chi connectivity index (χ3n) is 2.56. The largest absolute Gasteiger partial charge is 0.389 e. The van der Waals surface area contributed by atoms with Gasteiger partial charge in [-0.25, -0.2) is 0 Å². The van der Waals surface area contributed by atoms with Gasteiger partial charge in [0.2, 0.25) is 0 Å². The zero-order valence-electron chi connectivity index (χ0n) is 9.95. The van der Waals surface area contributed by atoms with E-state index in [1.165, 1.54) is 4.88 Å². The summed E-state index contributed by atoms with van der Waals surface area (Å²) in [5.74, 6) is 0. The molecule has 2 rings (SSSR count). The van der Waals surface area contributed by atoms with E-state index in [1.807, 2.05) is 18.2 Å². The van der Waals surface area contributed by atoms with Gasteiger partial charge in [-0.1, -0.05) is 28.1 Å². The predicted molar refractivity (Wildman–Crippen MR) is 94.2 cm³/mol. The summed E-state index contributed by atoms with van der Waals surface area (Å²) < 4.78 is 2.17. The fraction of sp³-hybridized carbons (Fsp3) is 0.154. The first kappa shape index (κ1) is 15.0. The molecule has 0 radical (unpaired) electrons. The molecule has 0 saturated carbocycles.